The first-order valence-electron chi connectivity index (χ1n) is 10.9. The zero-order valence-electron chi connectivity index (χ0n) is 17.9. The van der Waals surface area contributed by atoms with Gasteiger partial charge in [0.1, 0.15) is 5.82 Å². The van der Waals surface area contributed by atoms with Crippen LogP contribution in [0.15, 0.2) is 59.5 Å². The minimum absolute atomic E-state index is 0.322. The van der Waals surface area contributed by atoms with Crippen LogP contribution in [0.25, 0.3) is 5.65 Å². The summed E-state index contributed by atoms with van der Waals surface area (Å²) >= 11 is 16.3. The molecule has 0 amide bonds. The molecule has 1 unspecified atom stereocenters. The summed E-state index contributed by atoms with van der Waals surface area (Å²) < 4.78 is 2.73. The Labute approximate surface area is 211 Å². The highest BCUT2D eigenvalue weighted by Crippen LogP contribution is 2.32. The molecule has 0 radical (unpaired) electrons. The molecule has 1 atom stereocenters. The Balaban J connectivity index is 1.39. The molecule has 33 heavy (non-hydrogen) atoms. The minimum atomic E-state index is 0.322. The predicted molar refractivity (Wildman–Crippen MR) is 136 cm³/mol. The van der Waals surface area contributed by atoms with Crippen LogP contribution in [0.2, 0.25) is 10.0 Å². The summed E-state index contributed by atoms with van der Waals surface area (Å²) in [5, 5.41) is 9.26. The van der Waals surface area contributed by atoms with Crippen molar-refractivity contribution in [3.63, 3.8) is 0 Å². The normalized spacial score (nSPS) is 16.9. The number of nitrogens with one attached hydrogen (secondary N) is 1. The summed E-state index contributed by atoms with van der Waals surface area (Å²) in [5.41, 5.74) is 4.05. The van der Waals surface area contributed by atoms with E-state index in [4.69, 9.17) is 28.2 Å². The Morgan fingerprint density at radius 1 is 1.15 bits per heavy atom. The Morgan fingerprint density at radius 3 is 2.91 bits per heavy atom. The number of benzene rings is 1. The molecule has 1 saturated heterocycles. The largest absolute Gasteiger partial charge is 0.366 e. The van der Waals surface area contributed by atoms with Crippen molar-refractivity contribution in [3.8, 4) is 0 Å². The first kappa shape index (κ1) is 22.6. The summed E-state index contributed by atoms with van der Waals surface area (Å²) in [4.78, 5) is 11.6. The summed E-state index contributed by atoms with van der Waals surface area (Å²) in [7, 11) is 0. The van der Waals surface area contributed by atoms with Gasteiger partial charge in [-0.2, -0.15) is 9.61 Å². The van der Waals surface area contributed by atoms with Gasteiger partial charge in [-0.3, -0.25) is 9.88 Å². The number of piperidine rings is 1. The lowest BCUT2D eigenvalue weighted by atomic mass is 9.94. The molecule has 0 saturated carbocycles. The molecule has 1 aliphatic rings. The van der Waals surface area contributed by atoms with Crippen molar-refractivity contribution in [2.45, 2.75) is 31.8 Å². The van der Waals surface area contributed by atoms with Crippen molar-refractivity contribution in [2.24, 2.45) is 0 Å². The number of nitrogens with zero attached hydrogens (tertiary/aromatic N) is 5. The molecule has 1 aromatic carbocycles. The van der Waals surface area contributed by atoms with E-state index in [2.05, 4.69) is 48.4 Å². The average Bonchev–Trinajstić information content (AvgIpc) is 3.22. The standard InChI is InChI=1S/C24H23BrCl2N6/c25-19-13-30-33-22(29-12-16-4-2-8-28-11-16)10-21(31-24(19)33)17-6-3-9-32(14-17)15-18-5-1-7-20(26)23(18)27/h1-2,4-5,7-8,10-11,13,17,29H,3,6,9,12,14-15H2. The van der Waals surface area contributed by atoms with Crippen LogP contribution in [0.3, 0.4) is 0 Å². The maximum Gasteiger partial charge on any atom is 0.171 e. The van der Waals surface area contributed by atoms with Crippen LogP contribution in [0, 0.1) is 0 Å². The molecule has 1 aliphatic heterocycles. The summed E-state index contributed by atoms with van der Waals surface area (Å²) in [6.07, 6.45) is 7.63. The van der Waals surface area contributed by atoms with Crippen molar-refractivity contribution in [3.05, 3.63) is 86.3 Å². The number of pyridine rings is 1. The Morgan fingerprint density at radius 2 is 2.06 bits per heavy atom. The third-order valence-corrected chi connectivity index (χ3v) is 7.41. The maximum atomic E-state index is 6.44. The molecule has 1 fully saturated rings. The number of hydrogen-bond acceptors (Lipinski definition) is 5. The van der Waals surface area contributed by atoms with Crippen molar-refractivity contribution in [2.75, 3.05) is 18.4 Å². The van der Waals surface area contributed by atoms with Gasteiger partial charge in [0.05, 0.1) is 26.4 Å². The van der Waals surface area contributed by atoms with Gasteiger partial charge in [-0.25, -0.2) is 4.98 Å². The van der Waals surface area contributed by atoms with E-state index in [0.717, 1.165) is 65.2 Å². The molecular weight excluding hydrogens is 523 g/mol. The van der Waals surface area contributed by atoms with Gasteiger partial charge in [0, 0.05) is 44.0 Å². The predicted octanol–water partition coefficient (Wildman–Crippen LogP) is 6.19. The highest BCUT2D eigenvalue weighted by molar-refractivity contribution is 9.10. The molecule has 0 aliphatic carbocycles. The summed E-state index contributed by atoms with van der Waals surface area (Å²) in [6, 6.07) is 12.0. The molecule has 0 spiro atoms. The first-order chi connectivity index (χ1) is 16.1. The third-order valence-electron chi connectivity index (χ3n) is 5.99. The number of halogens is 3. The van der Waals surface area contributed by atoms with Crippen LogP contribution in [0.5, 0.6) is 0 Å². The van der Waals surface area contributed by atoms with Gasteiger partial charge in [0.25, 0.3) is 0 Å². The minimum Gasteiger partial charge on any atom is -0.366 e. The first-order valence-corrected chi connectivity index (χ1v) is 12.5. The van der Waals surface area contributed by atoms with Gasteiger partial charge < -0.3 is 5.32 Å². The highest BCUT2D eigenvalue weighted by atomic mass is 79.9. The fourth-order valence-electron chi connectivity index (χ4n) is 4.34. The molecule has 170 valence electrons. The maximum absolute atomic E-state index is 6.44. The summed E-state index contributed by atoms with van der Waals surface area (Å²) in [5.74, 6) is 1.24. The molecule has 9 heteroatoms. The van der Waals surface area contributed by atoms with E-state index in [1.165, 1.54) is 0 Å². The zero-order chi connectivity index (χ0) is 22.8. The lowest BCUT2D eigenvalue weighted by molar-refractivity contribution is 0.198. The van der Waals surface area contributed by atoms with Gasteiger partial charge in [0.15, 0.2) is 5.65 Å². The molecule has 3 aromatic heterocycles. The van der Waals surface area contributed by atoms with E-state index >= 15 is 0 Å². The smallest absolute Gasteiger partial charge is 0.171 e. The van der Waals surface area contributed by atoms with Crippen molar-refractivity contribution in [1.29, 1.82) is 0 Å². The monoisotopic (exact) mass is 544 g/mol. The molecule has 0 bridgehead atoms. The Bertz CT molecular complexity index is 1260. The molecular formula is C24H23BrCl2N6. The van der Waals surface area contributed by atoms with E-state index in [1.807, 2.05) is 35.0 Å². The van der Waals surface area contributed by atoms with E-state index < -0.39 is 0 Å². The number of aromatic nitrogens is 4. The molecule has 4 heterocycles. The van der Waals surface area contributed by atoms with Crippen molar-refractivity contribution < 1.29 is 0 Å². The summed E-state index contributed by atoms with van der Waals surface area (Å²) in [6.45, 7) is 3.39. The average molecular weight is 546 g/mol. The quantitative estimate of drug-likeness (QED) is 0.313. The van der Waals surface area contributed by atoms with Gasteiger partial charge in [0.2, 0.25) is 0 Å². The van der Waals surface area contributed by atoms with Gasteiger partial charge >= 0.3 is 0 Å². The lowest BCUT2D eigenvalue weighted by Gasteiger charge is -2.33. The fraction of sp³-hybridized carbons (Fsp3) is 0.292. The zero-order valence-corrected chi connectivity index (χ0v) is 21.0. The number of hydrogen-bond donors (Lipinski definition) is 1. The number of anilines is 1. The molecule has 1 N–H and O–H groups in total. The number of fused-ring (bicyclic) bond motifs is 1. The second-order valence-corrected chi connectivity index (χ2v) is 9.94. The van der Waals surface area contributed by atoms with Crippen molar-refractivity contribution in [1.82, 2.24) is 24.5 Å². The molecule has 4 aromatic rings. The van der Waals surface area contributed by atoms with Crippen LogP contribution in [0.4, 0.5) is 5.82 Å². The third kappa shape index (κ3) is 5.01. The second-order valence-electron chi connectivity index (χ2n) is 8.30. The molecule has 5 rings (SSSR count). The van der Waals surface area contributed by atoms with Crippen LogP contribution in [-0.4, -0.2) is 37.6 Å². The fourth-order valence-corrected chi connectivity index (χ4v) is 5.07. The van der Waals surface area contributed by atoms with Crippen molar-refractivity contribution >= 4 is 50.6 Å². The number of likely N-dealkylation sites (tertiary alicyclic amines) is 1. The van der Waals surface area contributed by atoms with Gasteiger partial charge in [-0.05, 0) is 58.6 Å². The van der Waals surface area contributed by atoms with Crippen LogP contribution < -0.4 is 5.32 Å². The van der Waals surface area contributed by atoms with E-state index in [0.29, 0.717) is 22.5 Å². The Hall–Kier alpha value is -2.19. The van der Waals surface area contributed by atoms with E-state index in [-0.39, 0.29) is 0 Å². The highest BCUT2D eigenvalue weighted by Gasteiger charge is 2.25. The SMILES string of the molecule is Clc1cccc(CN2CCCC(c3cc(NCc4cccnc4)n4ncc(Br)c4n3)C2)c1Cl. The van der Waals surface area contributed by atoms with E-state index in [9.17, 15) is 0 Å². The topological polar surface area (TPSA) is 58.4 Å². The van der Waals surface area contributed by atoms with Gasteiger partial charge in [-0.1, -0.05) is 41.4 Å². The van der Waals surface area contributed by atoms with Gasteiger partial charge in [-0.15, -0.1) is 0 Å². The lowest BCUT2D eigenvalue weighted by Crippen LogP contribution is -2.34. The van der Waals surface area contributed by atoms with Crippen LogP contribution >= 0.6 is 39.1 Å². The number of rotatable bonds is 6. The van der Waals surface area contributed by atoms with Crippen LogP contribution in [0.1, 0.15) is 35.6 Å². The van der Waals surface area contributed by atoms with E-state index in [1.54, 1.807) is 12.4 Å². The molecule has 6 nitrogen and oxygen atoms in total. The van der Waals surface area contributed by atoms with Crippen LogP contribution in [-0.2, 0) is 13.1 Å². The second kappa shape index (κ2) is 9.97. The Kier molecular flexibility index (Phi) is 6.83.